The second-order valence-electron chi connectivity index (χ2n) is 3.43. The summed E-state index contributed by atoms with van der Waals surface area (Å²) in [6.45, 7) is 3.89. The molecule has 0 saturated heterocycles. The molecule has 1 atom stereocenters. The van der Waals surface area contributed by atoms with Crippen LogP contribution in [0.4, 0.5) is 0 Å². The molecular formula is C11H15NO2. The van der Waals surface area contributed by atoms with E-state index in [1.54, 1.807) is 19.1 Å². The third kappa shape index (κ3) is 3.18. The van der Waals surface area contributed by atoms with Crippen molar-refractivity contribution in [3.63, 3.8) is 0 Å². The number of aliphatic hydroxyl groups excluding tert-OH is 1. The lowest BCUT2D eigenvalue weighted by Gasteiger charge is -2.06. The second kappa shape index (κ2) is 4.77. The van der Waals surface area contributed by atoms with E-state index in [1.165, 1.54) is 0 Å². The predicted octanol–water partition coefficient (Wildman–Crippen LogP) is 1.11. The number of aryl methyl sites for hydroxylation is 1. The molecule has 0 aliphatic carbocycles. The van der Waals surface area contributed by atoms with Gasteiger partial charge in [-0.15, -0.1) is 0 Å². The van der Waals surface area contributed by atoms with Gasteiger partial charge in [-0.1, -0.05) is 17.7 Å². The SMILES string of the molecule is Cc1ccc(C(=O)NC[C@H](C)O)cc1. The second-order valence-corrected chi connectivity index (χ2v) is 3.43. The Balaban J connectivity index is 2.57. The molecule has 0 unspecified atom stereocenters. The maximum Gasteiger partial charge on any atom is 0.251 e. The van der Waals surface area contributed by atoms with Crippen molar-refractivity contribution >= 4 is 5.91 Å². The van der Waals surface area contributed by atoms with Crippen molar-refractivity contribution in [1.82, 2.24) is 5.32 Å². The van der Waals surface area contributed by atoms with Crippen LogP contribution in [0.25, 0.3) is 0 Å². The summed E-state index contributed by atoms with van der Waals surface area (Å²) in [7, 11) is 0. The third-order valence-electron chi connectivity index (χ3n) is 1.87. The molecule has 1 aromatic carbocycles. The first kappa shape index (κ1) is 10.7. The van der Waals surface area contributed by atoms with Crippen LogP contribution in [-0.2, 0) is 0 Å². The molecule has 3 nitrogen and oxygen atoms in total. The highest BCUT2D eigenvalue weighted by molar-refractivity contribution is 5.94. The highest BCUT2D eigenvalue weighted by Crippen LogP contribution is 2.02. The monoisotopic (exact) mass is 193 g/mol. The van der Waals surface area contributed by atoms with Gasteiger partial charge in [-0.2, -0.15) is 0 Å². The van der Waals surface area contributed by atoms with Gasteiger partial charge in [0.15, 0.2) is 0 Å². The molecule has 0 aromatic heterocycles. The molecule has 3 heteroatoms. The number of carbonyl (C=O) groups excluding carboxylic acids is 1. The molecule has 0 saturated carbocycles. The fourth-order valence-electron chi connectivity index (χ4n) is 1.05. The molecule has 1 amide bonds. The zero-order chi connectivity index (χ0) is 10.6. The molecule has 0 bridgehead atoms. The minimum absolute atomic E-state index is 0.147. The first-order chi connectivity index (χ1) is 6.59. The van der Waals surface area contributed by atoms with Gasteiger partial charge in [0.2, 0.25) is 0 Å². The summed E-state index contributed by atoms with van der Waals surface area (Å²) >= 11 is 0. The van der Waals surface area contributed by atoms with Crippen LogP contribution in [0.1, 0.15) is 22.8 Å². The summed E-state index contributed by atoms with van der Waals surface area (Å²) < 4.78 is 0. The van der Waals surface area contributed by atoms with Crippen LogP contribution in [0.2, 0.25) is 0 Å². The Labute approximate surface area is 83.8 Å². The van der Waals surface area contributed by atoms with Crippen molar-refractivity contribution in [1.29, 1.82) is 0 Å². The lowest BCUT2D eigenvalue weighted by molar-refractivity contribution is 0.0924. The van der Waals surface area contributed by atoms with Crippen LogP contribution in [-0.4, -0.2) is 23.7 Å². The van der Waals surface area contributed by atoms with Crippen molar-refractivity contribution in [3.05, 3.63) is 35.4 Å². The standard InChI is InChI=1S/C11H15NO2/c1-8-3-5-10(6-4-8)11(14)12-7-9(2)13/h3-6,9,13H,7H2,1-2H3,(H,12,14)/t9-/m0/s1. The molecule has 0 aliphatic heterocycles. The molecule has 0 radical (unpaired) electrons. The molecule has 1 rings (SSSR count). The van der Waals surface area contributed by atoms with Gasteiger partial charge >= 0.3 is 0 Å². The van der Waals surface area contributed by atoms with E-state index in [1.807, 2.05) is 19.1 Å². The number of hydrogen-bond donors (Lipinski definition) is 2. The number of aliphatic hydroxyl groups is 1. The van der Waals surface area contributed by atoms with Crippen LogP contribution < -0.4 is 5.32 Å². The zero-order valence-electron chi connectivity index (χ0n) is 8.45. The van der Waals surface area contributed by atoms with Gasteiger partial charge in [-0.05, 0) is 26.0 Å². The number of amides is 1. The number of benzene rings is 1. The van der Waals surface area contributed by atoms with Crippen molar-refractivity contribution in [3.8, 4) is 0 Å². The number of carbonyl (C=O) groups is 1. The minimum Gasteiger partial charge on any atom is -0.392 e. The van der Waals surface area contributed by atoms with Gasteiger partial charge in [-0.3, -0.25) is 4.79 Å². The van der Waals surface area contributed by atoms with Gasteiger partial charge in [0, 0.05) is 12.1 Å². The van der Waals surface area contributed by atoms with Gasteiger partial charge in [-0.25, -0.2) is 0 Å². The highest BCUT2D eigenvalue weighted by Gasteiger charge is 2.04. The molecule has 1 aromatic rings. The Morgan fingerprint density at radius 1 is 1.43 bits per heavy atom. The molecule has 0 spiro atoms. The molecular weight excluding hydrogens is 178 g/mol. The maximum atomic E-state index is 11.4. The van der Waals surface area contributed by atoms with E-state index < -0.39 is 6.10 Å². The van der Waals surface area contributed by atoms with E-state index >= 15 is 0 Å². The number of nitrogens with one attached hydrogen (secondary N) is 1. The van der Waals surface area contributed by atoms with Crippen molar-refractivity contribution in [2.24, 2.45) is 0 Å². The lowest BCUT2D eigenvalue weighted by Crippen LogP contribution is -2.30. The van der Waals surface area contributed by atoms with E-state index in [4.69, 9.17) is 5.11 Å². The minimum atomic E-state index is -0.510. The predicted molar refractivity (Wildman–Crippen MR) is 55.2 cm³/mol. The van der Waals surface area contributed by atoms with Crippen molar-refractivity contribution in [2.45, 2.75) is 20.0 Å². The summed E-state index contributed by atoms with van der Waals surface area (Å²) in [4.78, 5) is 11.4. The van der Waals surface area contributed by atoms with Gasteiger partial charge in [0.1, 0.15) is 0 Å². The first-order valence-corrected chi connectivity index (χ1v) is 4.62. The van der Waals surface area contributed by atoms with Crippen LogP contribution in [0.3, 0.4) is 0 Å². The highest BCUT2D eigenvalue weighted by atomic mass is 16.3. The number of hydrogen-bond acceptors (Lipinski definition) is 2. The molecule has 2 N–H and O–H groups in total. The Morgan fingerprint density at radius 2 is 2.00 bits per heavy atom. The average molecular weight is 193 g/mol. The van der Waals surface area contributed by atoms with E-state index in [0.29, 0.717) is 5.56 Å². The summed E-state index contributed by atoms with van der Waals surface area (Å²) in [5, 5.41) is 11.6. The van der Waals surface area contributed by atoms with E-state index in [9.17, 15) is 4.79 Å². The Bertz CT molecular complexity index is 304. The van der Waals surface area contributed by atoms with Gasteiger partial charge in [0.05, 0.1) is 6.10 Å². The quantitative estimate of drug-likeness (QED) is 0.755. The smallest absolute Gasteiger partial charge is 0.251 e. The van der Waals surface area contributed by atoms with Crippen LogP contribution in [0.5, 0.6) is 0 Å². The summed E-state index contributed by atoms with van der Waals surface area (Å²) in [6.07, 6.45) is -0.510. The summed E-state index contributed by atoms with van der Waals surface area (Å²) in [5.41, 5.74) is 1.74. The molecule has 14 heavy (non-hydrogen) atoms. The van der Waals surface area contributed by atoms with Gasteiger partial charge in [0.25, 0.3) is 5.91 Å². The Kier molecular flexibility index (Phi) is 3.65. The topological polar surface area (TPSA) is 49.3 Å². The van der Waals surface area contributed by atoms with Crippen LogP contribution in [0.15, 0.2) is 24.3 Å². The maximum absolute atomic E-state index is 11.4. The lowest BCUT2D eigenvalue weighted by atomic mass is 10.1. The van der Waals surface area contributed by atoms with Gasteiger partial charge < -0.3 is 10.4 Å². The molecule has 0 fully saturated rings. The van der Waals surface area contributed by atoms with Crippen LogP contribution in [0, 0.1) is 6.92 Å². The van der Waals surface area contributed by atoms with E-state index in [2.05, 4.69) is 5.32 Å². The number of rotatable bonds is 3. The molecule has 0 aliphatic rings. The van der Waals surface area contributed by atoms with Crippen molar-refractivity contribution < 1.29 is 9.90 Å². The van der Waals surface area contributed by atoms with Crippen LogP contribution >= 0.6 is 0 Å². The largest absolute Gasteiger partial charge is 0.392 e. The Hall–Kier alpha value is -1.35. The average Bonchev–Trinajstić information content (AvgIpc) is 2.15. The fraction of sp³-hybridized carbons (Fsp3) is 0.364. The fourth-order valence-corrected chi connectivity index (χ4v) is 1.05. The zero-order valence-corrected chi connectivity index (χ0v) is 8.45. The summed E-state index contributed by atoms with van der Waals surface area (Å²) in [6, 6.07) is 7.31. The molecule has 0 heterocycles. The van der Waals surface area contributed by atoms with E-state index in [-0.39, 0.29) is 12.5 Å². The van der Waals surface area contributed by atoms with Crippen molar-refractivity contribution in [2.75, 3.05) is 6.54 Å². The first-order valence-electron chi connectivity index (χ1n) is 4.62. The Morgan fingerprint density at radius 3 is 2.50 bits per heavy atom. The third-order valence-corrected chi connectivity index (χ3v) is 1.87. The molecule has 76 valence electrons. The summed E-state index contributed by atoms with van der Waals surface area (Å²) in [5.74, 6) is -0.147. The van der Waals surface area contributed by atoms with E-state index in [0.717, 1.165) is 5.56 Å². The normalized spacial score (nSPS) is 12.2.